The first kappa shape index (κ1) is 19.5. The molecule has 0 saturated heterocycles. The maximum absolute atomic E-state index is 13.4. The van der Waals surface area contributed by atoms with E-state index in [9.17, 15) is 9.59 Å². The monoisotopic (exact) mass is 408 g/mol. The summed E-state index contributed by atoms with van der Waals surface area (Å²) < 4.78 is 5.38. The number of rotatable bonds is 6. The van der Waals surface area contributed by atoms with Gasteiger partial charge in [0.05, 0.1) is 6.26 Å². The van der Waals surface area contributed by atoms with E-state index in [-0.39, 0.29) is 23.6 Å². The lowest BCUT2D eigenvalue weighted by Gasteiger charge is -2.31. The van der Waals surface area contributed by atoms with Gasteiger partial charge in [0.2, 0.25) is 5.91 Å². The van der Waals surface area contributed by atoms with Crippen molar-refractivity contribution in [2.45, 2.75) is 44.7 Å². The lowest BCUT2D eigenvalue weighted by Crippen LogP contribution is -2.46. The standard InChI is InChI=1S/C23H24N2O3S/c1-16-10-12-18(13-11-16)25(23(27)19-8-4-14-28-19)21(20-9-5-15-29-20)22(26)24-17-6-2-3-7-17/h4-5,8-15,17,21H,2-3,6-7H2,1H3,(H,24,26)/t21-/m0/s1. The Kier molecular flexibility index (Phi) is 5.81. The quantitative estimate of drug-likeness (QED) is 0.617. The summed E-state index contributed by atoms with van der Waals surface area (Å²) in [5.41, 5.74) is 1.75. The number of aryl methyl sites for hydroxylation is 1. The maximum Gasteiger partial charge on any atom is 0.295 e. The molecule has 1 atom stereocenters. The molecular formula is C23H24N2O3S. The molecule has 0 spiro atoms. The lowest BCUT2D eigenvalue weighted by molar-refractivity contribution is -0.123. The number of carbonyl (C=O) groups excluding carboxylic acids is 2. The van der Waals surface area contributed by atoms with Gasteiger partial charge in [-0.25, -0.2) is 0 Å². The molecule has 3 aromatic rings. The van der Waals surface area contributed by atoms with Crippen LogP contribution >= 0.6 is 11.3 Å². The highest BCUT2D eigenvalue weighted by atomic mass is 32.1. The molecule has 29 heavy (non-hydrogen) atoms. The Labute approximate surface area is 174 Å². The molecule has 150 valence electrons. The summed E-state index contributed by atoms with van der Waals surface area (Å²) >= 11 is 1.47. The summed E-state index contributed by atoms with van der Waals surface area (Å²) in [4.78, 5) is 29.2. The number of carbonyl (C=O) groups is 2. The Hall–Kier alpha value is -2.86. The summed E-state index contributed by atoms with van der Waals surface area (Å²) in [6.07, 6.45) is 5.70. The second kappa shape index (κ2) is 8.66. The molecule has 1 saturated carbocycles. The molecule has 1 aromatic carbocycles. The first-order chi connectivity index (χ1) is 14.1. The van der Waals surface area contributed by atoms with E-state index in [1.165, 1.54) is 17.6 Å². The summed E-state index contributed by atoms with van der Waals surface area (Å²) in [6, 6.07) is 14.2. The number of nitrogens with zero attached hydrogens (tertiary/aromatic N) is 1. The number of hydrogen-bond donors (Lipinski definition) is 1. The molecule has 1 aliphatic rings. The molecule has 2 aromatic heterocycles. The third-order valence-corrected chi connectivity index (χ3v) is 6.21. The normalized spacial score (nSPS) is 15.2. The second-order valence-electron chi connectivity index (χ2n) is 7.40. The molecule has 5 nitrogen and oxygen atoms in total. The van der Waals surface area contributed by atoms with Crippen molar-refractivity contribution in [1.29, 1.82) is 0 Å². The molecule has 0 bridgehead atoms. The average Bonchev–Trinajstić information content (AvgIpc) is 3.49. The lowest BCUT2D eigenvalue weighted by atomic mass is 10.1. The maximum atomic E-state index is 13.4. The largest absolute Gasteiger partial charge is 0.459 e. The van der Waals surface area contributed by atoms with Crippen LogP contribution in [0.25, 0.3) is 0 Å². The van der Waals surface area contributed by atoms with E-state index in [0.29, 0.717) is 5.69 Å². The Bertz CT molecular complexity index is 943. The fraction of sp³-hybridized carbons (Fsp3) is 0.304. The van der Waals surface area contributed by atoms with Crippen molar-refractivity contribution in [2.75, 3.05) is 4.90 Å². The van der Waals surface area contributed by atoms with Gasteiger partial charge >= 0.3 is 0 Å². The first-order valence-electron chi connectivity index (χ1n) is 9.91. The van der Waals surface area contributed by atoms with Crippen LogP contribution in [-0.2, 0) is 4.79 Å². The number of nitrogens with one attached hydrogen (secondary N) is 1. The average molecular weight is 409 g/mol. The molecule has 1 aliphatic carbocycles. The van der Waals surface area contributed by atoms with E-state index >= 15 is 0 Å². The topological polar surface area (TPSA) is 62.6 Å². The van der Waals surface area contributed by atoms with Gasteiger partial charge in [0.15, 0.2) is 11.8 Å². The van der Waals surface area contributed by atoms with Crippen LogP contribution in [0.2, 0.25) is 0 Å². The highest BCUT2D eigenvalue weighted by Crippen LogP contribution is 2.33. The van der Waals surface area contributed by atoms with Crippen LogP contribution in [0.5, 0.6) is 0 Å². The number of benzene rings is 1. The number of furan rings is 1. The van der Waals surface area contributed by atoms with Gasteiger partial charge in [0.25, 0.3) is 5.91 Å². The number of anilines is 1. The van der Waals surface area contributed by atoms with E-state index in [1.54, 1.807) is 17.0 Å². The predicted molar refractivity (Wildman–Crippen MR) is 114 cm³/mol. The molecule has 2 amide bonds. The fourth-order valence-corrected chi connectivity index (χ4v) is 4.59. The molecular weight excluding hydrogens is 384 g/mol. The van der Waals surface area contributed by atoms with E-state index in [1.807, 2.05) is 48.7 Å². The van der Waals surface area contributed by atoms with Gasteiger partial charge in [-0.2, -0.15) is 0 Å². The molecule has 4 rings (SSSR count). The number of thiophene rings is 1. The van der Waals surface area contributed by atoms with E-state index in [4.69, 9.17) is 4.42 Å². The molecule has 0 aliphatic heterocycles. The zero-order valence-electron chi connectivity index (χ0n) is 16.3. The van der Waals surface area contributed by atoms with E-state index in [0.717, 1.165) is 36.1 Å². The third-order valence-electron chi connectivity index (χ3n) is 5.28. The minimum Gasteiger partial charge on any atom is -0.459 e. The molecule has 1 N–H and O–H groups in total. The van der Waals surface area contributed by atoms with Crippen molar-refractivity contribution in [2.24, 2.45) is 0 Å². The third kappa shape index (κ3) is 4.27. The summed E-state index contributed by atoms with van der Waals surface area (Å²) in [7, 11) is 0. The van der Waals surface area contributed by atoms with Gasteiger partial charge in [-0.15, -0.1) is 11.3 Å². The Balaban J connectivity index is 1.75. The van der Waals surface area contributed by atoms with Crippen molar-refractivity contribution < 1.29 is 14.0 Å². The summed E-state index contributed by atoms with van der Waals surface area (Å²) in [6.45, 7) is 1.99. The zero-order valence-corrected chi connectivity index (χ0v) is 17.2. The van der Waals surface area contributed by atoms with E-state index in [2.05, 4.69) is 5.32 Å². The van der Waals surface area contributed by atoms with Crippen molar-refractivity contribution in [3.8, 4) is 0 Å². The first-order valence-corrected chi connectivity index (χ1v) is 10.8. The molecule has 6 heteroatoms. The van der Waals surface area contributed by atoms with E-state index < -0.39 is 6.04 Å². The highest BCUT2D eigenvalue weighted by molar-refractivity contribution is 7.10. The van der Waals surface area contributed by atoms with Crippen LogP contribution in [0.3, 0.4) is 0 Å². The van der Waals surface area contributed by atoms with Crippen molar-refractivity contribution in [3.63, 3.8) is 0 Å². The van der Waals surface area contributed by atoms with Crippen LogP contribution in [0, 0.1) is 6.92 Å². The molecule has 1 fully saturated rings. The van der Waals surface area contributed by atoms with Crippen LogP contribution < -0.4 is 10.2 Å². The smallest absolute Gasteiger partial charge is 0.295 e. The number of amides is 2. The van der Waals surface area contributed by atoms with Gasteiger partial charge in [-0.05, 0) is 55.5 Å². The van der Waals surface area contributed by atoms with Gasteiger partial charge in [0.1, 0.15) is 0 Å². The van der Waals surface area contributed by atoms with Crippen LogP contribution in [0.1, 0.15) is 52.7 Å². The minimum absolute atomic E-state index is 0.153. The van der Waals surface area contributed by atoms with Gasteiger partial charge in [-0.1, -0.05) is 36.6 Å². The van der Waals surface area contributed by atoms with Crippen LogP contribution in [0.15, 0.2) is 64.6 Å². The summed E-state index contributed by atoms with van der Waals surface area (Å²) in [5.74, 6) is -0.278. The van der Waals surface area contributed by atoms with Gasteiger partial charge in [0, 0.05) is 16.6 Å². The minimum atomic E-state index is -0.754. The molecule has 2 heterocycles. The van der Waals surface area contributed by atoms with Crippen molar-refractivity contribution in [3.05, 3.63) is 76.4 Å². The summed E-state index contributed by atoms with van der Waals surface area (Å²) in [5, 5.41) is 5.10. The van der Waals surface area contributed by atoms with Gasteiger partial charge in [-0.3, -0.25) is 14.5 Å². The Morgan fingerprint density at radius 1 is 1.10 bits per heavy atom. The SMILES string of the molecule is Cc1ccc(N(C(=O)c2ccco2)[C@H](C(=O)NC2CCCC2)c2cccs2)cc1. The Morgan fingerprint density at radius 2 is 1.86 bits per heavy atom. The molecule has 0 unspecified atom stereocenters. The Morgan fingerprint density at radius 3 is 2.48 bits per heavy atom. The highest BCUT2D eigenvalue weighted by Gasteiger charge is 2.36. The number of hydrogen-bond acceptors (Lipinski definition) is 4. The second-order valence-corrected chi connectivity index (χ2v) is 8.38. The van der Waals surface area contributed by atoms with Crippen molar-refractivity contribution >= 4 is 28.8 Å². The zero-order chi connectivity index (χ0) is 20.2. The van der Waals surface area contributed by atoms with Crippen molar-refractivity contribution in [1.82, 2.24) is 5.32 Å². The predicted octanol–water partition coefficient (Wildman–Crippen LogP) is 5.10. The van der Waals surface area contributed by atoms with Crippen LogP contribution in [0.4, 0.5) is 5.69 Å². The van der Waals surface area contributed by atoms with Crippen LogP contribution in [-0.4, -0.2) is 17.9 Å². The fourth-order valence-electron chi connectivity index (χ4n) is 3.78. The molecule has 0 radical (unpaired) electrons. The van der Waals surface area contributed by atoms with Gasteiger partial charge < -0.3 is 9.73 Å².